The molecule has 2 aliphatic heterocycles. The Kier molecular flexibility index (Phi) is 7.01. The SMILES string of the molecule is CC(C)C[C@@H](C(=O)N1C[C@]2(C[C@H]1C#N)C(=O)Nc1ccccc12)N(C)C(=O)[C@H](C)NC(=O)C1(F)CCC1. The summed E-state index contributed by atoms with van der Waals surface area (Å²) in [6.07, 6.45) is 1.37. The summed E-state index contributed by atoms with van der Waals surface area (Å²) < 4.78 is 14.5. The average Bonchev–Trinajstić information content (AvgIpc) is 3.37. The minimum absolute atomic E-state index is 0.0280. The second kappa shape index (κ2) is 9.77. The van der Waals surface area contributed by atoms with Crippen molar-refractivity contribution in [1.29, 1.82) is 5.26 Å². The maximum Gasteiger partial charge on any atom is 0.258 e. The Morgan fingerprint density at radius 3 is 2.54 bits per heavy atom. The summed E-state index contributed by atoms with van der Waals surface area (Å²) in [5.41, 5.74) is -1.54. The van der Waals surface area contributed by atoms with Gasteiger partial charge < -0.3 is 20.4 Å². The summed E-state index contributed by atoms with van der Waals surface area (Å²) in [7, 11) is 1.48. The van der Waals surface area contributed by atoms with Gasteiger partial charge in [-0.3, -0.25) is 19.2 Å². The fourth-order valence-corrected chi connectivity index (χ4v) is 5.61. The first-order valence-corrected chi connectivity index (χ1v) is 12.8. The third-order valence-electron chi connectivity index (χ3n) is 7.98. The smallest absolute Gasteiger partial charge is 0.258 e. The van der Waals surface area contributed by atoms with E-state index in [0.717, 1.165) is 5.56 Å². The van der Waals surface area contributed by atoms with Crippen LogP contribution in [0.25, 0.3) is 0 Å². The number of rotatable bonds is 7. The van der Waals surface area contributed by atoms with E-state index in [1.807, 2.05) is 32.0 Å². The Balaban J connectivity index is 1.56. The predicted molar refractivity (Wildman–Crippen MR) is 134 cm³/mol. The fourth-order valence-electron chi connectivity index (χ4n) is 5.61. The van der Waals surface area contributed by atoms with E-state index in [2.05, 4.69) is 16.7 Å². The number of hydrogen-bond donors (Lipinski definition) is 2. The number of likely N-dealkylation sites (tertiary alicyclic amines) is 1. The van der Waals surface area contributed by atoms with Gasteiger partial charge in [0.1, 0.15) is 18.1 Å². The van der Waals surface area contributed by atoms with Crippen LogP contribution in [0.4, 0.5) is 10.1 Å². The molecule has 0 aromatic heterocycles. The van der Waals surface area contributed by atoms with Gasteiger partial charge in [-0.2, -0.15) is 5.26 Å². The maximum absolute atomic E-state index is 14.5. The van der Waals surface area contributed by atoms with E-state index in [1.165, 1.54) is 23.8 Å². The van der Waals surface area contributed by atoms with Crippen LogP contribution in [0.15, 0.2) is 24.3 Å². The van der Waals surface area contributed by atoms with Crippen LogP contribution in [0.2, 0.25) is 0 Å². The quantitative estimate of drug-likeness (QED) is 0.582. The monoisotopic (exact) mass is 511 g/mol. The zero-order valence-electron chi connectivity index (χ0n) is 21.7. The molecule has 4 amide bonds. The second-order valence-electron chi connectivity index (χ2n) is 11.0. The average molecular weight is 512 g/mol. The van der Waals surface area contributed by atoms with Crippen molar-refractivity contribution in [2.45, 2.75) is 82.1 Å². The van der Waals surface area contributed by atoms with Crippen LogP contribution < -0.4 is 10.6 Å². The number of nitriles is 1. The molecule has 0 radical (unpaired) electrons. The van der Waals surface area contributed by atoms with Crippen molar-refractivity contribution in [2.24, 2.45) is 5.92 Å². The summed E-state index contributed by atoms with van der Waals surface area (Å²) in [4.78, 5) is 55.3. The van der Waals surface area contributed by atoms with E-state index in [9.17, 15) is 28.8 Å². The van der Waals surface area contributed by atoms with Gasteiger partial charge in [0.2, 0.25) is 17.7 Å². The van der Waals surface area contributed by atoms with E-state index < -0.39 is 46.9 Å². The third kappa shape index (κ3) is 4.56. The van der Waals surface area contributed by atoms with Crippen molar-refractivity contribution in [3.63, 3.8) is 0 Å². The van der Waals surface area contributed by atoms with Crippen LogP contribution in [0.1, 0.15) is 58.4 Å². The Bertz CT molecular complexity index is 1160. The zero-order chi connectivity index (χ0) is 27.1. The minimum Gasteiger partial charge on any atom is -0.342 e. The molecule has 2 N–H and O–H groups in total. The van der Waals surface area contributed by atoms with Gasteiger partial charge in [-0.25, -0.2) is 4.39 Å². The Labute approximate surface area is 216 Å². The molecular weight excluding hydrogens is 477 g/mol. The van der Waals surface area contributed by atoms with Crippen molar-refractivity contribution < 1.29 is 23.6 Å². The van der Waals surface area contributed by atoms with Gasteiger partial charge in [-0.05, 0) is 50.2 Å². The van der Waals surface area contributed by atoms with Crippen LogP contribution >= 0.6 is 0 Å². The first-order chi connectivity index (χ1) is 17.4. The molecule has 4 rings (SSSR count). The van der Waals surface area contributed by atoms with Crippen LogP contribution in [0.5, 0.6) is 0 Å². The van der Waals surface area contributed by atoms with Crippen LogP contribution in [-0.4, -0.2) is 70.8 Å². The van der Waals surface area contributed by atoms with Crippen LogP contribution in [0, 0.1) is 17.2 Å². The first-order valence-electron chi connectivity index (χ1n) is 12.8. The summed E-state index contributed by atoms with van der Waals surface area (Å²) in [5, 5.41) is 15.3. The molecule has 1 aliphatic carbocycles. The van der Waals surface area contributed by atoms with Crippen LogP contribution in [-0.2, 0) is 24.6 Å². The third-order valence-corrected chi connectivity index (χ3v) is 7.98. The summed E-state index contributed by atoms with van der Waals surface area (Å²) in [6.45, 7) is 5.33. The first kappa shape index (κ1) is 26.6. The summed E-state index contributed by atoms with van der Waals surface area (Å²) in [6, 6.07) is 6.65. The number of amides is 4. The van der Waals surface area contributed by atoms with E-state index in [0.29, 0.717) is 18.5 Å². The lowest BCUT2D eigenvalue weighted by molar-refractivity contribution is -0.148. The number of hydrogen-bond acceptors (Lipinski definition) is 5. The molecule has 37 heavy (non-hydrogen) atoms. The molecule has 0 bridgehead atoms. The number of likely N-dealkylation sites (N-methyl/N-ethyl adjacent to an activating group) is 1. The van der Waals surface area contributed by atoms with Crippen molar-refractivity contribution in [1.82, 2.24) is 15.1 Å². The fraction of sp³-hybridized carbons (Fsp3) is 0.593. The molecule has 4 atom stereocenters. The molecule has 1 spiro atoms. The molecule has 2 heterocycles. The largest absolute Gasteiger partial charge is 0.342 e. The summed E-state index contributed by atoms with van der Waals surface area (Å²) in [5.74, 6) is -1.98. The van der Waals surface area contributed by atoms with E-state index in [4.69, 9.17) is 0 Å². The number of alkyl halides is 1. The topological polar surface area (TPSA) is 123 Å². The van der Waals surface area contributed by atoms with Crippen molar-refractivity contribution >= 4 is 29.3 Å². The molecule has 3 aliphatic rings. The number of nitrogens with zero attached hydrogens (tertiary/aromatic N) is 3. The number of anilines is 1. The van der Waals surface area contributed by atoms with E-state index >= 15 is 0 Å². The van der Waals surface area contributed by atoms with Gasteiger partial charge in [0.25, 0.3) is 5.91 Å². The standard InChI is InChI=1S/C27H34FN5O4/c1-16(2)12-21(32(4)22(34)17(3)30-25(37)27(28)10-7-11-27)23(35)33-15-26(13-18(33)14-29)19-8-5-6-9-20(19)31-24(26)36/h5-6,8-9,16-18,21H,7,10-13,15H2,1-4H3,(H,30,37)(H,31,36)/t17-,18-,21-,26-/m0/s1. The van der Waals surface area contributed by atoms with Crippen molar-refractivity contribution in [3.8, 4) is 6.07 Å². The van der Waals surface area contributed by atoms with Gasteiger partial charge in [0.15, 0.2) is 5.67 Å². The number of nitrogens with one attached hydrogen (secondary N) is 2. The van der Waals surface area contributed by atoms with Gasteiger partial charge in [0.05, 0.1) is 11.5 Å². The molecule has 1 aromatic carbocycles. The highest BCUT2D eigenvalue weighted by Gasteiger charge is 2.56. The minimum atomic E-state index is -1.94. The summed E-state index contributed by atoms with van der Waals surface area (Å²) >= 11 is 0. The highest BCUT2D eigenvalue weighted by molar-refractivity contribution is 6.07. The van der Waals surface area contributed by atoms with Gasteiger partial charge in [0, 0.05) is 25.7 Å². The predicted octanol–water partition coefficient (Wildman–Crippen LogP) is 2.27. The Hall–Kier alpha value is -3.48. The normalized spacial score (nSPS) is 25.1. The molecule has 0 unspecified atom stereocenters. The second-order valence-corrected chi connectivity index (χ2v) is 11.0. The van der Waals surface area contributed by atoms with Crippen molar-refractivity contribution in [2.75, 3.05) is 18.9 Å². The Morgan fingerprint density at radius 1 is 1.27 bits per heavy atom. The van der Waals surface area contributed by atoms with E-state index in [-0.39, 0.29) is 37.6 Å². The number of fused-ring (bicyclic) bond motifs is 2. The maximum atomic E-state index is 14.5. The number of benzene rings is 1. The van der Waals surface area contributed by atoms with Crippen molar-refractivity contribution in [3.05, 3.63) is 29.8 Å². The number of carbonyl (C=O) groups is 4. The lowest BCUT2D eigenvalue weighted by atomic mass is 9.80. The van der Waals surface area contributed by atoms with Gasteiger partial charge in [-0.15, -0.1) is 0 Å². The highest BCUT2D eigenvalue weighted by atomic mass is 19.1. The molecule has 1 saturated heterocycles. The van der Waals surface area contributed by atoms with Gasteiger partial charge in [-0.1, -0.05) is 32.0 Å². The molecular formula is C27H34FN5O4. The molecule has 10 heteroatoms. The molecule has 198 valence electrons. The lowest BCUT2D eigenvalue weighted by Gasteiger charge is -2.36. The Morgan fingerprint density at radius 2 is 1.95 bits per heavy atom. The molecule has 2 fully saturated rings. The van der Waals surface area contributed by atoms with Crippen LogP contribution in [0.3, 0.4) is 0 Å². The molecule has 1 saturated carbocycles. The highest BCUT2D eigenvalue weighted by Crippen LogP contribution is 2.46. The molecule has 1 aromatic rings. The number of para-hydroxylation sites is 1. The van der Waals surface area contributed by atoms with E-state index in [1.54, 1.807) is 6.07 Å². The number of halogens is 1. The lowest BCUT2D eigenvalue weighted by Crippen LogP contribution is -2.58. The number of carbonyl (C=O) groups excluding carboxylic acids is 4. The zero-order valence-corrected chi connectivity index (χ0v) is 21.7. The molecule has 9 nitrogen and oxygen atoms in total. The van der Waals surface area contributed by atoms with Gasteiger partial charge >= 0.3 is 0 Å².